The van der Waals surface area contributed by atoms with Gasteiger partial charge < -0.3 is 15.4 Å². The summed E-state index contributed by atoms with van der Waals surface area (Å²) in [5, 5.41) is 6.86. The lowest BCUT2D eigenvalue weighted by molar-refractivity contribution is -0.140. The quantitative estimate of drug-likeness (QED) is 0.169. The van der Waals surface area contributed by atoms with Crippen molar-refractivity contribution in [1.29, 1.82) is 0 Å². The van der Waals surface area contributed by atoms with Crippen LogP contribution in [0.1, 0.15) is 50.1 Å². The molecule has 1 saturated heterocycles. The van der Waals surface area contributed by atoms with Crippen molar-refractivity contribution in [2.24, 2.45) is 4.99 Å². The Bertz CT molecular complexity index is 577. The first kappa shape index (κ1) is 24.7. The predicted octanol–water partition coefficient (Wildman–Crippen LogP) is 3.34. The second-order valence-electron chi connectivity index (χ2n) is 6.94. The van der Waals surface area contributed by atoms with Crippen molar-refractivity contribution in [1.82, 2.24) is 15.5 Å². The second-order valence-corrected chi connectivity index (χ2v) is 6.94. The molecule has 1 aromatic rings. The van der Waals surface area contributed by atoms with Crippen LogP contribution in [0.2, 0.25) is 0 Å². The van der Waals surface area contributed by atoms with Crippen molar-refractivity contribution in [3.63, 3.8) is 0 Å². The van der Waals surface area contributed by atoms with Crippen LogP contribution in [0.5, 0.6) is 0 Å². The Kier molecular flexibility index (Phi) is 12.9. The highest BCUT2D eigenvalue weighted by Crippen LogP contribution is 2.24. The summed E-state index contributed by atoms with van der Waals surface area (Å²) >= 11 is 0. The van der Waals surface area contributed by atoms with Crippen molar-refractivity contribution < 1.29 is 9.53 Å². The maximum atomic E-state index is 11.1. The van der Waals surface area contributed by atoms with E-state index in [4.69, 9.17) is 0 Å². The number of nitrogens with zero attached hydrogens (tertiary/aromatic N) is 2. The minimum atomic E-state index is -0.130. The van der Waals surface area contributed by atoms with Crippen molar-refractivity contribution in [3.8, 4) is 0 Å². The van der Waals surface area contributed by atoms with Gasteiger partial charge in [0.25, 0.3) is 0 Å². The molecule has 1 atom stereocenters. The van der Waals surface area contributed by atoms with Crippen LogP contribution in [0.25, 0.3) is 0 Å². The lowest BCUT2D eigenvalue weighted by atomic mass is 10.1. The van der Waals surface area contributed by atoms with Gasteiger partial charge in [0.15, 0.2) is 5.96 Å². The highest BCUT2D eigenvalue weighted by Gasteiger charge is 2.23. The Balaban J connectivity index is 0.00000392. The van der Waals surface area contributed by atoms with Gasteiger partial charge in [0.1, 0.15) is 0 Å². The molecule has 1 aromatic carbocycles. The molecular formula is C21H35IN4O2. The Morgan fingerprint density at radius 3 is 2.50 bits per heavy atom. The van der Waals surface area contributed by atoms with Gasteiger partial charge in [-0.05, 0) is 44.3 Å². The number of hydrogen-bond acceptors (Lipinski definition) is 4. The van der Waals surface area contributed by atoms with Crippen molar-refractivity contribution in [3.05, 3.63) is 35.9 Å². The summed E-state index contributed by atoms with van der Waals surface area (Å²) in [7, 11) is 3.24. The lowest BCUT2D eigenvalue weighted by Gasteiger charge is -2.29. The minimum Gasteiger partial charge on any atom is -0.469 e. The fraction of sp³-hybridized carbons (Fsp3) is 0.619. The first-order valence-electron chi connectivity index (χ1n) is 10.0. The van der Waals surface area contributed by atoms with E-state index in [1.807, 2.05) is 0 Å². The first-order chi connectivity index (χ1) is 13.2. The summed E-state index contributed by atoms with van der Waals surface area (Å²) in [4.78, 5) is 18.0. The van der Waals surface area contributed by atoms with Crippen LogP contribution >= 0.6 is 24.0 Å². The Morgan fingerprint density at radius 2 is 1.86 bits per heavy atom. The summed E-state index contributed by atoms with van der Waals surface area (Å²) < 4.78 is 4.66. The van der Waals surface area contributed by atoms with Gasteiger partial charge in [-0.2, -0.15) is 0 Å². The molecule has 0 aromatic heterocycles. The van der Waals surface area contributed by atoms with E-state index in [1.165, 1.54) is 25.5 Å². The molecule has 6 nitrogen and oxygen atoms in total. The van der Waals surface area contributed by atoms with E-state index in [-0.39, 0.29) is 29.9 Å². The number of methoxy groups -OCH3 is 1. The number of halogens is 1. The van der Waals surface area contributed by atoms with Gasteiger partial charge >= 0.3 is 5.97 Å². The average Bonchev–Trinajstić information content (AvgIpc) is 3.24. The lowest BCUT2D eigenvalue weighted by Crippen LogP contribution is -2.42. The summed E-state index contributed by atoms with van der Waals surface area (Å²) in [6.45, 7) is 4.01. The first-order valence-corrected chi connectivity index (χ1v) is 10.0. The molecule has 1 unspecified atom stereocenters. The fourth-order valence-electron chi connectivity index (χ4n) is 3.48. The molecule has 158 valence electrons. The molecule has 1 heterocycles. The summed E-state index contributed by atoms with van der Waals surface area (Å²) in [6.07, 6.45) is 5.93. The molecule has 0 spiro atoms. The van der Waals surface area contributed by atoms with E-state index < -0.39 is 0 Å². The van der Waals surface area contributed by atoms with Gasteiger partial charge in [0.05, 0.1) is 13.2 Å². The number of unbranched alkanes of at least 4 members (excludes halogenated alkanes) is 2. The highest BCUT2D eigenvalue weighted by atomic mass is 127. The van der Waals surface area contributed by atoms with Crippen LogP contribution in [0, 0.1) is 0 Å². The summed E-state index contributed by atoms with van der Waals surface area (Å²) in [5.74, 6) is 0.706. The molecule has 2 rings (SSSR count). The fourth-order valence-corrected chi connectivity index (χ4v) is 3.48. The van der Waals surface area contributed by atoms with E-state index in [9.17, 15) is 4.79 Å². The van der Waals surface area contributed by atoms with E-state index in [0.717, 1.165) is 51.4 Å². The topological polar surface area (TPSA) is 66.0 Å². The number of hydrogen-bond donors (Lipinski definition) is 2. The number of carbonyl (C=O) groups is 1. The number of rotatable bonds is 10. The SMILES string of the molecule is CN=C(NCCCCCC(=O)OC)NCC(c1ccccc1)N1CCCC1.I. The summed E-state index contributed by atoms with van der Waals surface area (Å²) in [5.41, 5.74) is 1.35. The zero-order valence-corrected chi connectivity index (χ0v) is 19.5. The van der Waals surface area contributed by atoms with Gasteiger partial charge in [-0.1, -0.05) is 36.8 Å². The van der Waals surface area contributed by atoms with Gasteiger partial charge in [-0.15, -0.1) is 24.0 Å². The molecule has 0 aliphatic carbocycles. The molecule has 1 aliphatic heterocycles. The monoisotopic (exact) mass is 502 g/mol. The standard InChI is InChI=1S/C21H34N4O2.HI/c1-22-21(23-14-8-4-7-13-20(26)27-2)24-17-19(25-15-9-10-16-25)18-11-5-3-6-12-18;/h3,5-6,11-12,19H,4,7-10,13-17H2,1-2H3,(H2,22,23,24);1H. The zero-order valence-electron chi connectivity index (χ0n) is 17.2. The molecule has 0 bridgehead atoms. The number of guanidine groups is 1. The van der Waals surface area contributed by atoms with Crippen LogP contribution in [0.15, 0.2) is 35.3 Å². The molecule has 0 radical (unpaired) electrons. The number of aliphatic imine (C=N–C) groups is 1. The third kappa shape index (κ3) is 8.77. The zero-order chi connectivity index (χ0) is 19.3. The van der Waals surface area contributed by atoms with Crippen LogP contribution in [0.3, 0.4) is 0 Å². The van der Waals surface area contributed by atoms with E-state index in [0.29, 0.717) is 12.5 Å². The third-order valence-corrected chi connectivity index (χ3v) is 5.03. The number of nitrogens with one attached hydrogen (secondary N) is 2. The van der Waals surface area contributed by atoms with Crippen LogP contribution < -0.4 is 10.6 Å². The number of likely N-dealkylation sites (tertiary alicyclic amines) is 1. The maximum Gasteiger partial charge on any atom is 0.305 e. The third-order valence-electron chi connectivity index (χ3n) is 5.03. The van der Waals surface area contributed by atoms with Crippen LogP contribution in [0.4, 0.5) is 0 Å². The van der Waals surface area contributed by atoms with Gasteiger partial charge in [0.2, 0.25) is 0 Å². The Hall–Kier alpha value is -1.35. The van der Waals surface area contributed by atoms with Gasteiger partial charge in [0, 0.05) is 26.6 Å². The average molecular weight is 502 g/mol. The van der Waals surface area contributed by atoms with Crippen molar-refractivity contribution >= 4 is 35.9 Å². The number of benzene rings is 1. The van der Waals surface area contributed by atoms with Crippen LogP contribution in [-0.2, 0) is 9.53 Å². The summed E-state index contributed by atoms with van der Waals surface area (Å²) in [6, 6.07) is 11.1. The van der Waals surface area contributed by atoms with E-state index >= 15 is 0 Å². The normalized spacial score (nSPS) is 15.6. The molecule has 2 N–H and O–H groups in total. The number of carbonyl (C=O) groups excluding carboxylic acids is 1. The number of ether oxygens (including phenoxy) is 1. The molecular weight excluding hydrogens is 467 g/mol. The smallest absolute Gasteiger partial charge is 0.305 e. The molecule has 28 heavy (non-hydrogen) atoms. The van der Waals surface area contributed by atoms with Crippen molar-refractivity contribution in [2.75, 3.05) is 40.3 Å². The molecule has 0 amide bonds. The largest absolute Gasteiger partial charge is 0.469 e. The molecule has 1 fully saturated rings. The molecule has 7 heteroatoms. The van der Waals surface area contributed by atoms with Gasteiger partial charge in [-0.25, -0.2) is 0 Å². The Labute approximate surface area is 186 Å². The molecule has 1 aliphatic rings. The maximum absolute atomic E-state index is 11.1. The van der Waals surface area contributed by atoms with E-state index in [1.54, 1.807) is 7.05 Å². The second kappa shape index (κ2) is 14.6. The minimum absolute atomic E-state index is 0. The Morgan fingerprint density at radius 1 is 1.14 bits per heavy atom. The van der Waals surface area contributed by atoms with Gasteiger partial charge in [-0.3, -0.25) is 14.7 Å². The van der Waals surface area contributed by atoms with Crippen LogP contribution in [-0.4, -0.2) is 57.2 Å². The highest BCUT2D eigenvalue weighted by molar-refractivity contribution is 14.0. The number of esters is 1. The van der Waals surface area contributed by atoms with E-state index in [2.05, 4.69) is 55.6 Å². The molecule has 0 saturated carbocycles. The predicted molar refractivity (Wildman–Crippen MR) is 125 cm³/mol. The van der Waals surface area contributed by atoms with Crippen molar-refractivity contribution in [2.45, 2.75) is 44.6 Å².